The van der Waals surface area contributed by atoms with Crippen LogP contribution in [0.15, 0.2) is 44.9 Å². The molecule has 0 fully saturated rings. The monoisotopic (exact) mass is 342 g/mol. The Labute approximate surface area is 121 Å². The first-order valence-corrected chi connectivity index (χ1v) is 6.70. The number of hydrogen-bond donors (Lipinski definition) is 2. The van der Waals surface area contributed by atoms with E-state index in [1.165, 1.54) is 6.07 Å². The van der Waals surface area contributed by atoms with E-state index in [4.69, 9.17) is 10.8 Å². The number of halogens is 2. The van der Waals surface area contributed by atoms with Gasteiger partial charge in [0.2, 0.25) is 0 Å². The minimum atomic E-state index is -1.19. The van der Waals surface area contributed by atoms with Gasteiger partial charge in [0.15, 0.2) is 0 Å². The van der Waals surface area contributed by atoms with E-state index in [-0.39, 0.29) is 16.1 Å². The fourth-order valence-corrected chi connectivity index (χ4v) is 2.70. The molecule has 0 spiro atoms. The van der Waals surface area contributed by atoms with Crippen molar-refractivity contribution in [2.24, 2.45) is 0 Å². The second kappa shape index (κ2) is 5.58. The highest BCUT2D eigenvalue weighted by Crippen LogP contribution is 2.34. The number of benzene rings is 1. The Hall–Kier alpha value is -1.60. The van der Waals surface area contributed by atoms with Crippen LogP contribution in [0.4, 0.5) is 10.1 Å². The van der Waals surface area contributed by atoms with Crippen molar-refractivity contribution >= 4 is 39.3 Å². The molecule has 1 aromatic heterocycles. The maximum atomic E-state index is 13.8. The number of aromatic carboxylic acids is 1. The van der Waals surface area contributed by atoms with Gasteiger partial charge in [-0.15, -0.1) is 0 Å². The number of hydrogen-bond acceptors (Lipinski definition) is 4. The molecule has 0 atom stereocenters. The molecule has 7 heteroatoms. The van der Waals surface area contributed by atoms with E-state index in [0.29, 0.717) is 9.50 Å². The summed E-state index contributed by atoms with van der Waals surface area (Å²) < 4.78 is 14.5. The van der Waals surface area contributed by atoms with Crippen molar-refractivity contribution in [2.75, 3.05) is 5.73 Å². The van der Waals surface area contributed by atoms with Gasteiger partial charge in [0.1, 0.15) is 10.8 Å². The van der Waals surface area contributed by atoms with Gasteiger partial charge in [-0.05, 0) is 40.2 Å². The Morgan fingerprint density at radius 3 is 2.84 bits per heavy atom. The molecule has 3 N–H and O–H groups in total. The highest BCUT2D eigenvalue weighted by molar-refractivity contribution is 9.10. The first-order valence-electron chi connectivity index (χ1n) is 5.09. The molecule has 0 radical (unpaired) electrons. The number of carbonyl (C=O) groups is 1. The third kappa shape index (κ3) is 3.05. The molecule has 19 heavy (non-hydrogen) atoms. The minimum absolute atomic E-state index is 0.102. The van der Waals surface area contributed by atoms with Crippen LogP contribution in [0.25, 0.3) is 0 Å². The Kier molecular flexibility index (Phi) is 4.06. The fraction of sp³-hybridized carbons (Fsp3) is 0. The SMILES string of the molecule is Nc1cc(F)c(Sc2ncccc2Br)cc1C(=O)O. The zero-order valence-corrected chi connectivity index (χ0v) is 11.8. The highest BCUT2D eigenvalue weighted by atomic mass is 79.9. The van der Waals surface area contributed by atoms with Crippen molar-refractivity contribution in [1.29, 1.82) is 0 Å². The molecule has 4 nitrogen and oxygen atoms in total. The zero-order chi connectivity index (χ0) is 14.0. The first-order chi connectivity index (χ1) is 8.99. The molecule has 0 amide bonds. The van der Waals surface area contributed by atoms with Crippen molar-refractivity contribution in [2.45, 2.75) is 9.92 Å². The van der Waals surface area contributed by atoms with Gasteiger partial charge in [-0.1, -0.05) is 11.8 Å². The van der Waals surface area contributed by atoms with Crippen molar-refractivity contribution in [3.8, 4) is 0 Å². The zero-order valence-electron chi connectivity index (χ0n) is 9.43. The Morgan fingerprint density at radius 2 is 2.21 bits per heavy atom. The number of aromatic nitrogens is 1. The van der Waals surface area contributed by atoms with Crippen LogP contribution < -0.4 is 5.73 Å². The van der Waals surface area contributed by atoms with Gasteiger partial charge in [0.05, 0.1) is 14.9 Å². The van der Waals surface area contributed by atoms with E-state index >= 15 is 0 Å². The molecule has 1 aromatic carbocycles. The van der Waals surface area contributed by atoms with Crippen LogP contribution in [-0.4, -0.2) is 16.1 Å². The Morgan fingerprint density at radius 1 is 1.47 bits per heavy atom. The summed E-state index contributed by atoms with van der Waals surface area (Å²) in [5.74, 6) is -1.77. The number of anilines is 1. The molecule has 0 bridgehead atoms. The topological polar surface area (TPSA) is 76.2 Å². The molecule has 0 unspecified atom stereocenters. The lowest BCUT2D eigenvalue weighted by Crippen LogP contribution is -2.03. The molecular formula is C12H8BrFN2O2S. The van der Waals surface area contributed by atoms with Crippen LogP contribution in [0.3, 0.4) is 0 Å². The molecule has 0 aliphatic carbocycles. The number of pyridine rings is 1. The Balaban J connectivity index is 2.43. The highest BCUT2D eigenvalue weighted by Gasteiger charge is 2.15. The summed E-state index contributed by atoms with van der Waals surface area (Å²) in [6, 6.07) is 5.71. The summed E-state index contributed by atoms with van der Waals surface area (Å²) in [6.45, 7) is 0. The van der Waals surface area contributed by atoms with E-state index in [1.807, 2.05) is 0 Å². The summed E-state index contributed by atoms with van der Waals surface area (Å²) in [7, 11) is 0. The van der Waals surface area contributed by atoms with E-state index in [2.05, 4.69) is 20.9 Å². The summed E-state index contributed by atoms with van der Waals surface area (Å²) in [6.07, 6.45) is 1.57. The Bertz CT molecular complexity index is 652. The average Bonchev–Trinajstić information content (AvgIpc) is 2.34. The lowest BCUT2D eigenvalue weighted by molar-refractivity contribution is 0.0697. The molecule has 2 aromatic rings. The standard InChI is InChI=1S/C12H8BrFN2O2S/c13-7-2-1-3-16-11(7)19-10-4-6(12(17)18)9(15)5-8(10)14/h1-5H,15H2,(H,17,18). The smallest absolute Gasteiger partial charge is 0.337 e. The first kappa shape index (κ1) is 13.8. The predicted octanol–water partition coefficient (Wildman–Crippen LogP) is 3.41. The number of nitrogens with zero attached hydrogens (tertiary/aromatic N) is 1. The predicted molar refractivity (Wildman–Crippen MR) is 73.8 cm³/mol. The number of nitrogens with two attached hydrogens (primary N) is 1. The number of carboxylic acids is 1. The molecule has 0 aliphatic heterocycles. The molecule has 2 rings (SSSR count). The average molecular weight is 343 g/mol. The molecule has 0 aliphatic rings. The van der Waals surface area contributed by atoms with Crippen LogP contribution in [0.2, 0.25) is 0 Å². The summed E-state index contributed by atoms with van der Waals surface area (Å²) in [5, 5.41) is 9.51. The number of carboxylic acid groups (broad SMARTS) is 1. The van der Waals surface area contributed by atoms with Crippen LogP contribution >= 0.6 is 27.7 Å². The van der Waals surface area contributed by atoms with Crippen LogP contribution in [0.5, 0.6) is 0 Å². The summed E-state index contributed by atoms with van der Waals surface area (Å²) in [4.78, 5) is 15.2. The third-order valence-corrected chi connectivity index (χ3v) is 4.22. The van der Waals surface area contributed by atoms with Crippen LogP contribution in [0.1, 0.15) is 10.4 Å². The second-order valence-corrected chi connectivity index (χ2v) is 5.45. The number of rotatable bonds is 3. The summed E-state index contributed by atoms with van der Waals surface area (Å²) >= 11 is 4.32. The van der Waals surface area contributed by atoms with Crippen molar-refractivity contribution in [3.63, 3.8) is 0 Å². The number of nitrogen functional groups attached to an aromatic ring is 1. The van der Waals surface area contributed by atoms with Crippen molar-refractivity contribution < 1.29 is 14.3 Å². The van der Waals surface area contributed by atoms with Crippen molar-refractivity contribution in [1.82, 2.24) is 4.98 Å². The van der Waals surface area contributed by atoms with Gasteiger partial charge in [-0.3, -0.25) is 0 Å². The van der Waals surface area contributed by atoms with Gasteiger partial charge in [-0.2, -0.15) is 0 Å². The van der Waals surface area contributed by atoms with E-state index in [1.54, 1.807) is 18.3 Å². The minimum Gasteiger partial charge on any atom is -0.478 e. The van der Waals surface area contributed by atoms with Crippen molar-refractivity contribution in [3.05, 3.63) is 46.3 Å². The second-order valence-electron chi connectivity index (χ2n) is 3.57. The largest absolute Gasteiger partial charge is 0.478 e. The molecular weight excluding hydrogens is 335 g/mol. The summed E-state index contributed by atoms with van der Waals surface area (Å²) in [5.41, 5.74) is 5.23. The molecule has 98 valence electrons. The van der Waals surface area contributed by atoms with Gasteiger partial charge in [-0.25, -0.2) is 14.2 Å². The van der Waals surface area contributed by atoms with E-state index in [9.17, 15) is 9.18 Å². The lowest BCUT2D eigenvalue weighted by Gasteiger charge is -2.07. The van der Waals surface area contributed by atoms with Gasteiger partial charge in [0.25, 0.3) is 0 Å². The molecule has 1 heterocycles. The van der Waals surface area contributed by atoms with Gasteiger partial charge >= 0.3 is 5.97 Å². The maximum absolute atomic E-state index is 13.8. The van der Waals surface area contributed by atoms with E-state index < -0.39 is 11.8 Å². The van der Waals surface area contributed by atoms with Gasteiger partial charge in [0, 0.05) is 11.9 Å². The normalized spacial score (nSPS) is 10.4. The quantitative estimate of drug-likeness (QED) is 0.836. The fourth-order valence-electron chi connectivity index (χ4n) is 1.38. The lowest BCUT2D eigenvalue weighted by atomic mass is 10.2. The van der Waals surface area contributed by atoms with Gasteiger partial charge < -0.3 is 10.8 Å². The van der Waals surface area contributed by atoms with Crippen LogP contribution in [-0.2, 0) is 0 Å². The van der Waals surface area contributed by atoms with Crippen LogP contribution in [0, 0.1) is 5.82 Å². The van der Waals surface area contributed by atoms with E-state index in [0.717, 1.165) is 17.8 Å². The maximum Gasteiger partial charge on any atom is 0.337 e. The molecule has 0 saturated heterocycles. The third-order valence-electron chi connectivity index (χ3n) is 2.27. The molecule has 0 saturated carbocycles.